The first-order valence-electron chi connectivity index (χ1n) is 9.74. The Labute approximate surface area is 171 Å². The third kappa shape index (κ3) is 3.27. The van der Waals surface area contributed by atoms with Gasteiger partial charge in [0.15, 0.2) is 0 Å². The van der Waals surface area contributed by atoms with E-state index in [4.69, 9.17) is 9.47 Å². The fourth-order valence-corrected chi connectivity index (χ4v) is 4.20. The number of pyridine rings is 1. The molecule has 0 radical (unpaired) electrons. The summed E-state index contributed by atoms with van der Waals surface area (Å²) in [7, 11) is 1.69. The minimum atomic E-state index is -4.45. The molecule has 1 unspecified atom stereocenters. The minimum absolute atomic E-state index is 0.00406. The van der Waals surface area contributed by atoms with E-state index < -0.39 is 11.9 Å². The smallest absolute Gasteiger partial charge is 0.431 e. The standard InChI is InChI=1S/C21H21F3N4O2/c1-29-12-9-28(10-12)16-11-30-17-5-3-2-4-13(17)19(16)27-20-14-8-18(21(22,23)24)26-15(14)6-7-25-20/h2-8,12,16,19,26H,9-11H2,1H3,(H,25,27)/t16?,19-/m0/s1. The molecule has 30 heavy (non-hydrogen) atoms. The van der Waals surface area contributed by atoms with Gasteiger partial charge in [-0.25, -0.2) is 4.98 Å². The molecule has 0 amide bonds. The summed E-state index contributed by atoms with van der Waals surface area (Å²) < 4.78 is 51.0. The van der Waals surface area contributed by atoms with Crippen molar-refractivity contribution in [1.29, 1.82) is 0 Å². The van der Waals surface area contributed by atoms with E-state index in [0.717, 1.165) is 30.5 Å². The lowest BCUT2D eigenvalue weighted by Crippen LogP contribution is -2.60. The van der Waals surface area contributed by atoms with E-state index in [-0.39, 0.29) is 18.2 Å². The van der Waals surface area contributed by atoms with E-state index in [1.54, 1.807) is 13.2 Å². The van der Waals surface area contributed by atoms with Crippen LogP contribution in [0.25, 0.3) is 10.9 Å². The lowest BCUT2D eigenvalue weighted by atomic mass is 9.92. The zero-order valence-electron chi connectivity index (χ0n) is 16.2. The Bertz CT molecular complexity index is 1060. The van der Waals surface area contributed by atoms with Crippen molar-refractivity contribution in [2.75, 3.05) is 32.1 Å². The second kappa shape index (κ2) is 7.17. The summed E-state index contributed by atoms with van der Waals surface area (Å²) in [4.78, 5) is 9.07. The average Bonchev–Trinajstić information content (AvgIpc) is 3.14. The molecule has 5 rings (SSSR count). The molecule has 3 aromatic rings. The van der Waals surface area contributed by atoms with Crippen LogP contribution in [0.15, 0.2) is 42.6 Å². The molecule has 158 valence electrons. The van der Waals surface area contributed by atoms with E-state index in [1.807, 2.05) is 24.3 Å². The van der Waals surface area contributed by atoms with E-state index in [9.17, 15) is 13.2 Å². The van der Waals surface area contributed by atoms with Crippen LogP contribution in [-0.4, -0.2) is 53.8 Å². The first-order chi connectivity index (χ1) is 14.4. The van der Waals surface area contributed by atoms with E-state index in [2.05, 4.69) is 20.2 Å². The van der Waals surface area contributed by atoms with Crippen LogP contribution in [0.1, 0.15) is 17.3 Å². The largest absolute Gasteiger partial charge is 0.491 e. The Morgan fingerprint density at radius 3 is 2.80 bits per heavy atom. The highest BCUT2D eigenvalue weighted by molar-refractivity contribution is 5.90. The SMILES string of the molecule is COC1CN(C2COc3ccccc3[C@@H]2Nc2nccc3[nH]c(C(F)(F)F)cc23)C1. The fraction of sp³-hybridized carbons (Fsp3) is 0.381. The van der Waals surface area contributed by atoms with Crippen molar-refractivity contribution in [1.82, 2.24) is 14.9 Å². The number of ether oxygens (including phenoxy) is 2. The van der Waals surface area contributed by atoms with Crippen LogP contribution >= 0.6 is 0 Å². The van der Waals surface area contributed by atoms with E-state index in [1.165, 1.54) is 6.20 Å². The first-order valence-corrected chi connectivity index (χ1v) is 9.74. The van der Waals surface area contributed by atoms with Crippen molar-refractivity contribution in [3.63, 3.8) is 0 Å². The van der Waals surface area contributed by atoms with Crippen LogP contribution in [0, 0.1) is 0 Å². The number of alkyl halides is 3. The molecule has 4 heterocycles. The second-order valence-corrected chi connectivity index (χ2v) is 7.65. The molecular formula is C21H21F3N4O2. The maximum atomic E-state index is 13.2. The number of nitrogens with one attached hydrogen (secondary N) is 2. The number of fused-ring (bicyclic) bond motifs is 2. The van der Waals surface area contributed by atoms with Crippen LogP contribution in [0.5, 0.6) is 5.75 Å². The number of para-hydroxylation sites is 1. The molecule has 6 nitrogen and oxygen atoms in total. The van der Waals surface area contributed by atoms with E-state index >= 15 is 0 Å². The summed E-state index contributed by atoms with van der Waals surface area (Å²) in [6, 6.07) is 10.2. The van der Waals surface area contributed by atoms with Gasteiger partial charge >= 0.3 is 6.18 Å². The van der Waals surface area contributed by atoms with Gasteiger partial charge in [-0.2, -0.15) is 13.2 Å². The number of hydrogen-bond acceptors (Lipinski definition) is 5. The predicted octanol–water partition coefficient (Wildman–Crippen LogP) is 3.83. The molecule has 2 aromatic heterocycles. The van der Waals surface area contributed by atoms with Crippen molar-refractivity contribution in [2.45, 2.75) is 24.4 Å². The van der Waals surface area contributed by atoms with Gasteiger partial charge in [-0.1, -0.05) is 18.2 Å². The molecule has 0 bridgehead atoms. The van der Waals surface area contributed by atoms with Crippen molar-refractivity contribution in [2.24, 2.45) is 0 Å². The van der Waals surface area contributed by atoms with Crippen molar-refractivity contribution < 1.29 is 22.6 Å². The predicted molar refractivity (Wildman–Crippen MR) is 106 cm³/mol. The molecule has 1 fully saturated rings. The molecule has 2 aliphatic rings. The highest BCUT2D eigenvalue weighted by Gasteiger charge is 2.41. The van der Waals surface area contributed by atoms with Gasteiger partial charge in [-0.15, -0.1) is 0 Å². The second-order valence-electron chi connectivity index (χ2n) is 7.65. The third-order valence-electron chi connectivity index (χ3n) is 5.87. The summed E-state index contributed by atoms with van der Waals surface area (Å²) in [5.74, 6) is 1.18. The lowest BCUT2D eigenvalue weighted by Gasteiger charge is -2.48. The number of benzene rings is 1. The van der Waals surface area contributed by atoms with Crippen LogP contribution in [-0.2, 0) is 10.9 Å². The number of likely N-dealkylation sites (tertiary alicyclic amines) is 1. The third-order valence-corrected chi connectivity index (χ3v) is 5.87. The topological polar surface area (TPSA) is 62.4 Å². The van der Waals surface area contributed by atoms with E-state index in [0.29, 0.717) is 23.3 Å². The Morgan fingerprint density at radius 2 is 2.03 bits per heavy atom. The van der Waals surface area contributed by atoms with Gasteiger partial charge in [0.05, 0.1) is 23.7 Å². The summed E-state index contributed by atoms with van der Waals surface area (Å²) in [6.07, 6.45) is -2.76. The monoisotopic (exact) mass is 418 g/mol. The van der Waals surface area contributed by atoms with Crippen molar-refractivity contribution >= 4 is 16.7 Å². The maximum absolute atomic E-state index is 13.2. The van der Waals surface area contributed by atoms with Gasteiger partial charge < -0.3 is 19.8 Å². The first kappa shape index (κ1) is 19.2. The van der Waals surface area contributed by atoms with Crippen molar-refractivity contribution in [3.8, 4) is 5.75 Å². The van der Waals surface area contributed by atoms with Crippen molar-refractivity contribution in [3.05, 3.63) is 53.9 Å². The summed E-state index contributed by atoms with van der Waals surface area (Å²) >= 11 is 0. The Balaban J connectivity index is 1.51. The van der Waals surface area contributed by atoms with Crippen LogP contribution in [0.3, 0.4) is 0 Å². The molecule has 2 aliphatic heterocycles. The summed E-state index contributed by atoms with van der Waals surface area (Å²) in [5, 5.41) is 3.82. The number of hydrogen-bond donors (Lipinski definition) is 2. The fourth-order valence-electron chi connectivity index (χ4n) is 4.20. The number of nitrogens with zero attached hydrogens (tertiary/aromatic N) is 2. The zero-order valence-corrected chi connectivity index (χ0v) is 16.2. The summed E-state index contributed by atoms with van der Waals surface area (Å²) in [5.41, 5.74) is 0.559. The number of rotatable bonds is 4. The highest BCUT2D eigenvalue weighted by Crippen LogP contribution is 2.39. The number of H-pyrrole nitrogens is 1. The van der Waals surface area contributed by atoms with Gasteiger partial charge in [0.25, 0.3) is 0 Å². The zero-order chi connectivity index (χ0) is 20.9. The number of anilines is 1. The minimum Gasteiger partial charge on any atom is -0.491 e. The van der Waals surface area contributed by atoms with Crippen LogP contribution in [0.2, 0.25) is 0 Å². The number of halogens is 3. The molecule has 9 heteroatoms. The molecular weight excluding hydrogens is 397 g/mol. The molecule has 0 aliphatic carbocycles. The molecule has 1 saturated heterocycles. The maximum Gasteiger partial charge on any atom is 0.431 e. The quantitative estimate of drug-likeness (QED) is 0.675. The Kier molecular flexibility index (Phi) is 4.59. The van der Waals surface area contributed by atoms with Gasteiger partial charge in [0, 0.05) is 37.3 Å². The van der Waals surface area contributed by atoms with Gasteiger partial charge in [0.1, 0.15) is 23.9 Å². The Hall–Kier alpha value is -2.78. The number of aromatic amines is 1. The average molecular weight is 418 g/mol. The molecule has 0 saturated carbocycles. The van der Waals surface area contributed by atoms with Gasteiger partial charge in [0.2, 0.25) is 0 Å². The van der Waals surface area contributed by atoms with Crippen LogP contribution in [0.4, 0.5) is 19.0 Å². The number of aromatic nitrogens is 2. The Morgan fingerprint density at radius 1 is 1.23 bits per heavy atom. The van der Waals surface area contributed by atoms with Gasteiger partial charge in [-0.05, 0) is 18.2 Å². The lowest BCUT2D eigenvalue weighted by molar-refractivity contribution is -0.140. The molecule has 2 atom stereocenters. The van der Waals surface area contributed by atoms with Crippen LogP contribution < -0.4 is 10.1 Å². The molecule has 0 spiro atoms. The molecule has 1 aromatic carbocycles. The normalized spacial score (nSPS) is 22.4. The highest BCUT2D eigenvalue weighted by atomic mass is 19.4. The number of methoxy groups -OCH3 is 1. The summed E-state index contributed by atoms with van der Waals surface area (Å²) in [6.45, 7) is 2.04. The van der Waals surface area contributed by atoms with Gasteiger partial charge in [-0.3, -0.25) is 4.90 Å². The molecule has 2 N–H and O–H groups in total.